The molecule has 0 fully saturated rings. The molecule has 0 radical (unpaired) electrons. The Balaban J connectivity index is 2.85. The van der Waals surface area contributed by atoms with Crippen LogP contribution in [0.25, 0.3) is 0 Å². The molecule has 0 saturated heterocycles. The average molecular weight is 291 g/mol. The van der Waals surface area contributed by atoms with Crippen molar-refractivity contribution in [2.45, 2.75) is 46.0 Å². The van der Waals surface area contributed by atoms with Gasteiger partial charge in [0.2, 0.25) is 0 Å². The summed E-state index contributed by atoms with van der Waals surface area (Å²) < 4.78 is 0. The van der Waals surface area contributed by atoms with Crippen LogP contribution in [0, 0.1) is 0 Å². The Kier molecular flexibility index (Phi) is 5.94. The van der Waals surface area contributed by atoms with Gasteiger partial charge in [0.25, 0.3) is 5.91 Å². The molecule has 0 unspecified atom stereocenters. The molecule has 0 aliphatic rings. The van der Waals surface area contributed by atoms with Crippen molar-refractivity contribution in [3.05, 3.63) is 35.4 Å². The van der Waals surface area contributed by atoms with Crippen LogP contribution in [-0.2, 0) is 10.2 Å². The molecule has 0 bridgehead atoms. The molecule has 21 heavy (non-hydrogen) atoms. The van der Waals surface area contributed by atoms with Gasteiger partial charge in [-0.2, -0.15) is 0 Å². The van der Waals surface area contributed by atoms with Gasteiger partial charge in [0.05, 0.1) is 6.42 Å². The minimum absolute atomic E-state index is 0.0220. The standard InChI is InChI=1S/C17H25NO3/c1-5-11-18(12-10-15(19)20)16(21)13-6-8-14(9-7-13)17(2,3)4/h6-9H,5,10-12H2,1-4H3,(H,19,20). The number of amides is 1. The minimum Gasteiger partial charge on any atom is -0.481 e. The van der Waals surface area contributed by atoms with E-state index in [0.717, 1.165) is 6.42 Å². The van der Waals surface area contributed by atoms with Gasteiger partial charge in [-0.05, 0) is 29.5 Å². The summed E-state index contributed by atoms with van der Waals surface area (Å²) in [6.45, 7) is 9.18. The number of carbonyl (C=O) groups excluding carboxylic acids is 1. The first-order valence-electron chi connectivity index (χ1n) is 7.37. The van der Waals surface area contributed by atoms with Gasteiger partial charge in [-0.15, -0.1) is 0 Å². The highest BCUT2D eigenvalue weighted by Crippen LogP contribution is 2.22. The fourth-order valence-electron chi connectivity index (χ4n) is 2.11. The zero-order valence-corrected chi connectivity index (χ0v) is 13.3. The highest BCUT2D eigenvalue weighted by Gasteiger charge is 2.18. The lowest BCUT2D eigenvalue weighted by molar-refractivity contribution is -0.137. The first-order valence-corrected chi connectivity index (χ1v) is 7.37. The maximum atomic E-state index is 12.4. The van der Waals surface area contributed by atoms with Crippen molar-refractivity contribution >= 4 is 11.9 Å². The molecule has 1 aromatic rings. The monoisotopic (exact) mass is 291 g/mol. The highest BCUT2D eigenvalue weighted by molar-refractivity contribution is 5.94. The second kappa shape index (κ2) is 7.25. The molecule has 0 atom stereocenters. The van der Waals surface area contributed by atoms with Crippen molar-refractivity contribution in [2.24, 2.45) is 0 Å². The van der Waals surface area contributed by atoms with Crippen LogP contribution in [0.5, 0.6) is 0 Å². The van der Waals surface area contributed by atoms with Crippen LogP contribution in [0.2, 0.25) is 0 Å². The molecule has 0 aromatic heterocycles. The molecule has 0 heterocycles. The summed E-state index contributed by atoms with van der Waals surface area (Å²) in [5.74, 6) is -0.981. The van der Waals surface area contributed by atoms with Crippen LogP contribution < -0.4 is 0 Å². The molecule has 1 N–H and O–H groups in total. The summed E-state index contributed by atoms with van der Waals surface area (Å²) >= 11 is 0. The summed E-state index contributed by atoms with van der Waals surface area (Å²) in [6, 6.07) is 7.59. The molecule has 0 aliphatic heterocycles. The van der Waals surface area contributed by atoms with E-state index in [1.165, 1.54) is 5.56 Å². The zero-order valence-electron chi connectivity index (χ0n) is 13.3. The van der Waals surface area contributed by atoms with Crippen LogP contribution in [0.1, 0.15) is 56.5 Å². The second-order valence-corrected chi connectivity index (χ2v) is 6.26. The van der Waals surface area contributed by atoms with E-state index in [1.807, 2.05) is 31.2 Å². The molecule has 0 saturated carbocycles. The molecule has 1 rings (SSSR count). The quantitative estimate of drug-likeness (QED) is 0.874. The highest BCUT2D eigenvalue weighted by atomic mass is 16.4. The third kappa shape index (κ3) is 5.21. The Hall–Kier alpha value is -1.84. The normalized spacial score (nSPS) is 11.2. The van der Waals surface area contributed by atoms with Gasteiger partial charge in [-0.3, -0.25) is 9.59 Å². The minimum atomic E-state index is -0.882. The van der Waals surface area contributed by atoms with Crippen LogP contribution in [-0.4, -0.2) is 35.0 Å². The number of carbonyl (C=O) groups is 2. The number of rotatable bonds is 6. The number of aliphatic carboxylic acids is 1. The van der Waals surface area contributed by atoms with Gasteiger partial charge in [0.15, 0.2) is 0 Å². The molecule has 1 amide bonds. The number of carboxylic acid groups (broad SMARTS) is 1. The van der Waals surface area contributed by atoms with E-state index in [-0.39, 0.29) is 24.3 Å². The Morgan fingerprint density at radius 1 is 1.10 bits per heavy atom. The molecule has 4 heteroatoms. The van der Waals surface area contributed by atoms with Gasteiger partial charge in [-0.25, -0.2) is 0 Å². The van der Waals surface area contributed by atoms with Crippen molar-refractivity contribution in [1.82, 2.24) is 4.90 Å². The van der Waals surface area contributed by atoms with E-state index in [9.17, 15) is 9.59 Å². The van der Waals surface area contributed by atoms with Gasteiger partial charge >= 0.3 is 5.97 Å². The lowest BCUT2D eigenvalue weighted by Crippen LogP contribution is -2.33. The number of hydrogen-bond donors (Lipinski definition) is 1. The second-order valence-electron chi connectivity index (χ2n) is 6.26. The van der Waals surface area contributed by atoms with Gasteiger partial charge in [0, 0.05) is 18.7 Å². The Labute approximate surface area is 126 Å². The summed E-state index contributed by atoms with van der Waals surface area (Å²) in [6.07, 6.45) is 0.789. The number of nitrogens with zero attached hydrogens (tertiary/aromatic N) is 1. The Morgan fingerprint density at radius 2 is 1.67 bits per heavy atom. The van der Waals surface area contributed by atoms with Gasteiger partial charge in [0.1, 0.15) is 0 Å². The van der Waals surface area contributed by atoms with Gasteiger partial charge < -0.3 is 10.0 Å². The lowest BCUT2D eigenvalue weighted by Gasteiger charge is -2.23. The number of carboxylic acids is 1. The molecule has 116 valence electrons. The zero-order chi connectivity index (χ0) is 16.0. The molecular weight excluding hydrogens is 266 g/mol. The van der Waals surface area contributed by atoms with Crippen molar-refractivity contribution < 1.29 is 14.7 Å². The lowest BCUT2D eigenvalue weighted by atomic mass is 9.86. The van der Waals surface area contributed by atoms with E-state index in [2.05, 4.69) is 20.8 Å². The summed E-state index contributed by atoms with van der Waals surface area (Å²) in [5, 5.41) is 8.77. The van der Waals surface area contributed by atoms with E-state index in [0.29, 0.717) is 12.1 Å². The van der Waals surface area contributed by atoms with E-state index < -0.39 is 5.97 Å². The molecule has 0 spiro atoms. The first kappa shape index (κ1) is 17.2. The van der Waals surface area contributed by atoms with E-state index in [1.54, 1.807) is 4.90 Å². The van der Waals surface area contributed by atoms with Crippen LogP contribution in [0.4, 0.5) is 0 Å². The van der Waals surface area contributed by atoms with Crippen LogP contribution in [0.15, 0.2) is 24.3 Å². The number of benzene rings is 1. The molecular formula is C17H25NO3. The average Bonchev–Trinajstić information content (AvgIpc) is 2.41. The predicted molar refractivity (Wildman–Crippen MR) is 83.6 cm³/mol. The predicted octanol–water partition coefficient (Wildman–Crippen LogP) is 3.31. The van der Waals surface area contributed by atoms with Crippen molar-refractivity contribution in [1.29, 1.82) is 0 Å². The Morgan fingerprint density at radius 3 is 2.10 bits per heavy atom. The smallest absolute Gasteiger partial charge is 0.305 e. The van der Waals surface area contributed by atoms with Crippen molar-refractivity contribution in [3.8, 4) is 0 Å². The number of hydrogen-bond acceptors (Lipinski definition) is 2. The fraction of sp³-hybridized carbons (Fsp3) is 0.529. The van der Waals surface area contributed by atoms with Crippen molar-refractivity contribution in [2.75, 3.05) is 13.1 Å². The van der Waals surface area contributed by atoms with E-state index >= 15 is 0 Å². The third-order valence-corrected chi connectivity index (χ3v) is 3.37. The largest absolute Gasteiger partial charge is 0.481 e. The summed E-state index contributed by atoms with van der Waals surface area (Å²) in [7, 11) is 0. The SMILES string of the molecule is CCCN(CCC(=O)O)C(=O)c1ccc(C(C)(C)C)cc1. The van der Waals surface area contributed by atoms with Gasteiger partial charge in [-0.1, -0.05) is 39.8 Å². The first-order chi connectivity index (χ1) is 9.75. The summed E-state index contributed by atoms with van der Waals surface area (Å²) in [5.41, 5.74) is 1.84. The maximum Gasteiger partial charge on any atom is 0.305 e. The topological polar surface area (TPSA) is 57.6 Å². The molecule has 4 nitrogen and oxygen atoms in total. The molecule has 1 aromatic carbocycles. The van der Waals surface area contributed by atoms with Crippen LogP contribution in [0.3, 0.4) is 0 Å². The molecule has 0 aliphatic carbocycles. The van der Waals surface area contributed by atoms with Crippen molar-refractivity contribution in [3.63, 3.8) is 0 Å². The Bertz CT molecular complexity index is 486. The third-order valence-electron chi connectivity index (χ3n) is 3.37. The fourth-order valence-corrected chi connectivity index (χ4v) is 2.11. The van der Waals surface area contributed by atoms with E-state index in [4.69, 9.17) is 5.11 Å². The summed E-state index contributed by atoms with van der Waals surface area (Å²) in [4.78, 5) is 24.7. The van der Waals surface area contributed by atoms with Crippen LogP contribution >= 0.6 is 0 Å². The maximum absolute atomic E-state index is 12.4.